The summed E-state index contributed by atoms with van der Waals surface area (Å²) in [4.78, 5) is 11.9. The van der Waals surface area contributed by atoms with Crippen molar-refractivity contribution in [1.82, 2.24) is 5.32 Å². The van der Waals surface area contributed by atoms with Crippen LogP contribution in [0.4, 0.5) is 0 Å². The molecule has 3 N–H and O–H groups in total. The Labute approximate surface area is 101 Å². The summed E-state index contributed by atoms with van der Waals surface area (Å²) in [7, 11) is 0. The summed E-state index contributed by atoms with van der Waals surface area (Å²) in [5.74, 6) is 0.420. The van der Waals surface area contributed by atoms with E-state index in [2.05, 4.69) is 5.32 Å². The lowest BCUT2D eigenvalue weighted by molar-refractivity contribution is 0.0945. The van der Waals surface area contributed by atoms with Crippen molar-refractivity contribution in [3.8, 4) is 0 Å². The second-order valence-electron chi connectivity index (χ2n) is 4.34. The van der Waals surface area contributed by atoms with E-state index in [4.69, 9.17) is 10.5 Å². The van der Waals surface area contributed by atoms with Gasteiger partial charge in [0, 0.05) is 31.2 Å². The standard InChI is InChI=1S/C13H18N2O2/c14-7-10-2-1-3-12(6-10)13(16)15-8-11-4-5-17-9-11/h1-3,6,11H,4-5,7-9,14H2,(H,15,16). The predicted molar refractivity (Wildman–Crippen MR) is 65.6 cm³/mol. The van der Waals surface area contributed by atoms with Crippen LogP contribution in [-0.4, -0.2) is 25.7 Å². The molecule has 1 saturated heterocycles. The lowest BCUT2D eigenvalue weighted by Gasteiger charge is -2.10. The van der Waals surface area contributed by atoms with E-state index in [0.717, 1.165) is 25.2 Å². The molecule has 0 aromatic heterocycles. The summed E-state index contributed by atoms with van der Waals surface area (Å²) in [6.45, 7) is 2.70. The molecule has 1 aromatic carbocycles. The molecule has 1 amide bonds. The average molecular weight is 234 g/mol. The van der Waals surface area contributed by atoms with Crippen molar-refractivity contribution in [2.45, 2.75) is 13.0 Å². The Morgan fingerprint density at radius 3 is 3.12 bits per heavy atom. The average Bonchev–Trinajstić information content (AvgIpc) is 2.89. The van der Waals surface area contributed by atoms with E-state index in [1.807, 2.05) is 18.2 Å². The number of nitrogens with two attached hydrogens (primary N) is 1. The van der Waals surface area contributed by atoms with Crippen LogP contribution < -0.4 is 11.1 Å². The van der Waals surface area contributed by atoms with Crippen LogP contribution >= 0.6 is 0 Å². The zero-order valence-electron chi connectivity index (χ0n) is 9.82. The number of benzene rings is 1. The van der Waals surface area contributed by atoms with E-state index < -0.39 is 0 Å². The largest absolute Gasteiger partial charge is 0.381 e. The SMILES string of the molecule is NCc1cccc(C(=O)NCC2CCOC2)c1. The van der Waals surface area contributed by atoms with Crippen LogP contribution in [0.15, 0.2) is 24.3 Å². The maximum atomic E-state index is 11.9. The molecule has 0 aliphatic carbocycles. The number of rotatable bonds is 4. The predicted octanol–water partition coefficient (Wildman–Crippen LogP) is 0.912. The van der Waals surface area contributed by atoms with Gasteiger partial charge in [0.05, 0.1) is 6.61 Å². The minimum absolute atomic E-state index is 0.0350. The lowest BCUT2D eigenvalue weighted by atomic mass is 10.1. The van der Waals surface area contributed by atoms with Gasteiger partial charge >= 0.3 is 0 Å². The fourth-order valence-corrected chi connectivity index (χ4v) is 1.92. The molecule has 4 nitrogen and oxygen atoms in total. The van der Waals surface area contributed by atoms with Crippen LogP contribution in [0.1, 0.15) is 22.3 Å². The monoisotopic (exact) mass is 234 g/mol. The van der Waals surface area contributed by atoms with E-state index in [0.29, 0.717) is 24.6 Å². The van der Waals surface area contributed by atoms with Gasteiger partial charge in [0.25, 0.3) is 5.91 Å². The van der Waals surface area contributed by atoms with Crippen molar-refractivity contribution in [2.75, 3.05) is 19.8 Å². The maximum absolute atomic E-state index is 11.9. The van der Waals surface area contributed by atoms with Gasteiger partial charge in [-0.15, -0.1) is 0 Å². The first-order valence-electron chi connectivity index (χ1n) is 5.94. The second-order valence-corrected chi connectivity index (χ2v) is 4.34. The normalized spacial score (nSPS) is 19.2. The van der Waals surface area contributed by atoms with E-state index in [1.54, 1.807) is 6.07 Å². The Kier molecular flexibility index (Phi) is 4.12. The summed E-state index contributed by atoms with van der Waals surface area (Å²) < 4.78 is 5.26. The molecule has 0 spiro atoms. The summed E-state index contributed by atoms with van der Waals surface area (Å²) in [6.07, 6.45) is 1.03. The van der Waals surface area contributed by atoms with Crippen LogP contribution in [0.3, 0.4) is 0 Å². The molecule has 1 aromatic rings. The third-order valence-electron chi connectivity index (χ3n) is 3.00. The Morgan fingerprint density at radius 2 is 2.41 bits per heavy atom. The van der Waals surface area contributed by atoms with Crippen LogP contribution in [0, 0.1) is 5.92 Å². The maximum Gasteiger partial charge on any atom is 0.251 e. The highest BCUT2D eigenvalue weighted by atomic mass is 16.5. The fraction of sp³-hybridized carbons (Fsp3) is 0.462. The smallest absolute Gasteiger partial charge is 0.251 e. The van der Waals surface area contributed by atoms with Gasteiger partial charge in [-0.25, -0.2) is 0 Å². The fourth-order valence-electron chi connectivity index (χ4n) is 1.92. The van der Waals surface area contributed by atoms with Crippen molar-refractivity contribution in [3.05, 3.63) is 35.4 Å². The molecular weight excluding hydrogens is 216 g/mol. The van der Waals surface area contributed by atoms with E-state index in [-0.39, 0.29) is 5.91 Å². The topological polar surface area (TPSA) is 64.4 Å². The van der Waals surface area contributed by atoms with Crippen LogP contribution in [-0.2, 0) is 11.3 Å². The van der Waals surface area contributed by atoms with Gasteiger partial charge in [-0.1, -0.05) is 12.1 Å². The van der Waals surface area contributed by atoms with Gasteiger partial charge in [0.1, 0.15) is 0 Å². The van der Waals surface area contributed by atoms with Crippen LogP contribution in [0.5, 0.6) is 0 Å². The van der Waals surface area contributed by atoms with Gasteiger partial charge in [-0.3, -0.25) is 4.79 Å². The minimum Gasteiger partial charge on any atom is -0.381 e. The number of hydrogen-bond acceptors (Lipinski definition) is 3. The molecule has 1 heterocycles. The van der Waals surface area contributed by atoms with E-state index >= 15 is 0 Å². The van der Waals surface area contributed by atoms with Crippen molar-refractivity contribution in [3.63, 3.8) is 0 Å². The molecular formula is C13H18N2O2. The van der Waals surface area contributed by atoms with Crippen LogP contribution in [0.25, 0.3) is 0 Å². The molecule has 1 aliphatic rings. The number of carbonyl (C=O) groups is 1. The number of nitrogens with one attached hydrogen (secondary N) is 1. The quantitative estimate of drug-likeness (QED) is 0.814. The van der Waals surface area contributed by atoms with Gasteiger partial charge in [-0.2, -0.15) is 0 Å². The highest BCUT2D eigenvalue weighted by molar-refractivity contribution is 5.94. The third-order valence-corrected chi connectivity index (χ3v) is 3.00. The van der Waals surface area contributed by atoms with E-state index in [1.165, 1.54) is 0 Å². The van der Waals surface area contributed by atoms with Crippen LogP contribution in [0.2, 0.25) is 0 Å². The number of hydrogen-bond donors (Lipinski definition) is 2. The third kappa shape index (κ3) is 3.28. The zero-order valence-corrected chi connectivity index (χ0v) is 9.82. The van der Waals surface area contributed by atoms with Gasteiger partial charge in [0.2, 0.25) is 0 Å². The minimum atomic E-state index is -0.0350. The molecule has 1 atom stereocenters. The molecule has 4 heteroatoms. The Hall–Kier alpha value is -1.39. The Morgan fingerprint density at radius 1 is 1.53 bits per heavy atom. The summed E-state index contributed by atoms with van der Waals surface area (Å²) in [5.41, 5.74) is 7.19. The summed E-state index contributed by atoms with van der Waals surface area (Å²) in [5, 5.41) is 2.93. The summed E-state index contributed by atoms with van der Waals surface area (Å²) >= 11 is 0. The van der Waals surface area contributed by atoms with Crippen molar-refractivity contribution in [2.24, 2.45) is 11.7 Å². The Bertz CT molecular complexity index is 387. The van der Waals surface area contributed by atoms with Crippen molar-refractivity contribution < 1.29 is 9.53 Å². The highest BCUT2D eigenvalue weighted by Crippen LogP contribution is 2.11. The van der Waals surface area contributed by atoms with Gasteiger partial charge in [0.15, 0.2) is 0 Å². The Balaban J connectivity index is 1.89. The first-order chi connectivity index (χ1) is 8.29. The number of ether oxygens (including phenoxy) is 1. The van der Waals surface area contributed by atoms with Crippen molar-refractivity contribution in [1.29, 1.82) is 0 Å². The highest BCUT2D eigenvalue weighted by Gasteiger charge is 2.16. The zero-order chi connectivity index (χ0) is 12.1. The molecule has 1 unspecified atom stereocenters. The van der Waals surface area contributed by atoms with Crippen molar-refractivity contribution >= 4 is 5.91 Å². The lowest BCUT2D eigenvalue weighted by Crippen LogP contribution is -2.29. The second kappa shape index (κ2) is 5.80. The van der Waals surface area contributed by atoms with E-state index in [9.17, 15) is 4.79 Å². The molecule has 2 rings (SSSR count). The molecule has 17 heavy (non-hydrogen) atoms. The first-order valence-corrected chi connectivity index (χ1v) is 5.94. The molecule has 0 bridgehead atoms. The first kappa shape index (κ1) is 12.1. The molecule has 1 fully saturated rings. The molecule has 0 radical (unpaired) electrons. The van der Waals surface area contributed by atoms with Gasteiger partial charge < -0.3 is 15.8 Å². The summed E-state index contributed by atoms with van der Waals surface area (Å²) in [6, 6.07) is 7.41. The molecule has 0 saturated carbocycles. The number of amides is 1. The van der Waals surface area contributed by atoms with Gasteiger partial charge in [-0.05, 0) is 24.1 Å². The molecule has 92 valence electrons. The molecule has 1 aliphatic heterocycles. The number of carbonyl (C=O) groups excluding carboxylic acids is 1.